The van der Waals surface area contributed by atoms with Gasteiger partial charge >= 0.3 is 0 Å². The number of nitrogens with zero attached hydrogens (tertiary/aromatic N) is 5. The average Bonchev–Trinajstić information content (AvgIpc) is 3.24. The zero-order valence-corrected chi connectivity index (χ0v) is 16.3. The van der Waals surface area contributed by atoms with Crippen LogP contribution in [-0.4, -0.2) is 51.7 Å². The minimum Gasteiger partial charge on any atom is -0.367 e. The summed E-state index contributed by atoms with van der Waals surface area (Å²) in [4.78, 5) is 24.2. The van der Waals surface area contributed by atoms with E-state index in [-0.39, 0.29) is 5.91 Å². The van der Waals surface area contributed by atoms with Gasteiger partial charge in [-0.2, -0.15) is 5.10 Å². The summed E-state index contributed by atoms with van der Waals surface area (Å²) in [6.45, 7) is 3.66. The Morgan fingerprint density at radius 2 is 1.87 bits per heavy atom. The van der Waals surface area contributed by atoms with Crippen molar-refractivity contribution in [3.05, 3.63) is 72.8 Å². The lowest BCUT2D eigenvalue weighted by Gasteiger charge is -2.31. The number of carbonyl (C=O) groups excluding carboxylic acids is 1. The van der Waals surface area contributed by atoms with Gasteiger partial charge in [-0.15, -0.1) is 0 Å². The molecule has 5 rings (SSSR count). The highest BCUT2D eigenvalue weighted by molar-refractivity contribution is 6.05. The Morgan fingerprint density at radius 1 is 1.03 bits per heavy atom. The fourth-order valence-corrected chi connectivity index (χ4v) is 3.65. The molecule has 1 amide bonds. The average molecular weight is 399 g/mol. The number of anilines is 2. The molecule has 1 aliphatic heterocycles. The summed E-state index contributed by atoms with van der Waals surface area (Å²) in [6, 6.07) is 15.2. The van der Waals surface area contributed by atoms with E-state index in [4.69, 9.17) is 0 Å². The van der Waals surface area contributed by atoms with Crippen molar-refractivity contribution in [2.75, 3.05) is 36.4 Å². The van der Waals surface area contributed by atoms with Crippen molar-refractivity contribution >= 4 is 22.9 Å². The monoisotopic (exact) mass is 399 g/mol. The van der Waals surface area contributed by atoms with Crippen molar-refractivity contribution in [1.29, 1.82) is 0 Å². The van der Waals surface area contributed by atoms with Crippen LogP contribution in [0.4, 0.5) is 11.4 Å². The first-order valence-electron chi connectivity index (χ1n) is 9.91. The molecule has 1 aliphatic rings. The molecule has 4 heterocycles. The number of aromatic nitrogens is 4. The number of benzene rings is 1. The van der Waals surface area contributed by atoms with E-state index in [9.17, 15) is 4.79 Å². The molecule has 8 heteroatoms. The summed E-state index contributed by atoms with van der Waals surface area (Å²) < 4.78 is 1.65. The number of carbonyl (C=O) groups is 1. The molecule has 8 nitrogen and oxygen atoms in total. The van der Waals surface area contributed by atoms with Gasteiger partial charge in [0.1, 0.15) is 5.69 Å². The Balaban J connectivity index is 1.45. The molecule has 1 saturated heterocycles. The van der Waals surface area contributed by atoms with Crippen molar-refractivity contribution < 1.29 is 4.79 Å². The molecule has 0 aliphatic carbocycles. The van der Waals surface area contributed by atoms with E-state index in [2.05, 4.69) is 30.6 Å². The summed E-state index contributed by atoms with van der Waals surface area (Å²) in [5.74, 6) is -0.256. The number of para-hydroxylation sites is 2. The van der Waals surface area contributed by atoms with Gasteiger partial charge in [0.25, 0.3) is 5.91 Å². The van der Waals surface area contributed by atoms with Crippen LogP contribution in [0.3, 0.4) is 0 Å². The Hall–Kier alpha value is -3.78. The molecular formula is C22H21N7O. The maximum Gasteiger partial charge on any atom is 0.274 e. The molecule has 1 fully saturated rings. The van der Waals surface area contributed by atoms with Gasteiger partial charge in [0, 0.05) is 38.6 Å². The van der Waals surface area contributed by atoms with Crippen LogP contribution in [0.5, 0.6) is 0 Å². The summed E-state index contributed by atoms with van der Waals surface area (Å²) >= 11 is 0. The standard InChI is InChI=1S/C22H21N7O/c30-22(27-18-6-1-2-7-20(18)28-13-10-23-11-14-28)19-8-12-29-21(26-19)16(15-25-29)17-5-3-4-9-24-17/h1-9,12,15,23H,10-11,13-14H2,(H,27,30). The third-order valence-electron chi connectivity index (χ3n) is 5.15. The molecular weight excluding hydrogens is 378 g/mol. The molecule has 0 spiro atoms. The zero-order valence-electron chi connectivity index (χ0n) is 16.3. The second kappa shape index (κ2) is 7.92. The molecule has 30 heavy (non-hydrogen) atoms. The summed E-state index contributed by atoms with van der Waals surface area (Å²) in [6.07, 6.45) is 5.18. The third-order valence-corrected chi connectivity index (χ3v) is 5.15. The SMILES string of the molecule is O=C(Nc1ccccc1N1CCNCC1)c1ccn2ncc(-c3ccccn3)c2n1. The van der Waals surface area contributed by atoms with Crippen molar-refractivity contribution in [3.63, 3.8) is 0 Å². The molecule has 0 bridgehead atoms. The van der Waals surface area contributed by atoms with E-state index in [1.54, 1.807) is 29.2 Å². The van der Waals surface area contributed by atoms with Gasteiger partial charge < -0.3 is 15.5 Å². The minimum absolute atomic E-state index is 0.256. The second-order valence-corrected chi connectivity index (χ2v) is 7.06. The lowest BCUT2D eigenvalue weighted by Crippen LogP contribution is -2.43. The van der Waals surface area contributed by atoms with E-state index >= 15 is 0 Å². The number of fused-ring (bicyclic) bond motifs is 1. The third kappa shape index (κ3) is 3.48. The van der Waals surface area contributed by atoms with E-state index in [1.165, 1.54) is 0 Å². The first kappa shape index (κ1) is 18.3. The van der Waals surface area contributed by atoms with Crippen LogP contribution in [0.15, 0.2) is 67.1 Å². The van der Waals surface area contributed by atoms with Gasteiger partial charge in [0.15, 0.2) is 5.65 Å². The van der Waals surface area contributed by atoms with Gasteiger partial charge in [-0.05, 0) is 30.3 Å². The number of amides is 1. The topological polar surface area (TPSA) is 87.5 Å². The molecule has 0 radical (unpaired) electrons. The quantitative estimate of drug-likeness (QED) is 0.548. The van der Waals surface area contributed by atoms with Crippen LogP contribution in [-0.2, 0) is 0 Å². The molecule has 3 aromatic heterocycles. The number of piperazine rings is 1. The first-order chi connectivity index (χ1) is 14.8. The molecule has 4 aromatic rings. The van der Waals surface area contributed by atoms with Crippen LogP contribution < -0.4 is 15.5 Å². The summed E-state index contributed by atoms with van der Waals surface area (Å²) in [5, 5.41) is 10.7. The van der Waals surface area contributed by atoms with Gasteiger partial charge in [-0.3, -0.25) is 9.78 Å². The van der Waals surface area contributed by atoms with Crippen LogP contribution in [0.2, 0.25) is 0 Å². The molecule has 1 aromatic carbocycles. The predicted octanol–water partition coefficient (Wildman–Crippen LogP) is 2.45. The molecule has 0 saturated carbocycles. The summed E-state index contributed by atoms with van der Waals surface area (Å²) in [7, 11) is 0. The van der Waals surface area contributed by atoms with Gasteiger partial charge in [0.05, 0.1) is 28.8 Å². The van der Waals surface area contributed by atoms with Crippen molar-refractivity contribution in [2.45, 2.75) is 0 Å². The van der Waals surface area contributed by atoms with Crippen LogP contribution in [0.1, 0.15) is 10.5 Å². The van der Waals surface area contributed by atoms with E-state index < -0.39 is 0 Å². The highest BCUT2D eigenvalue weighted by Gasteiger charge is 2.17. The molecule has 150 valence electrons. The fourth-order valence-electron chi connectivity index (χ4n) is 3.65. The summed E-state index contributed by atoms with van der Waals surface area (Å²) in [5.41, 5.74) is 4.27. The Bertz CT molecular complexity index is 1180. The number of hydrogen-bond acceptors (Lipinski definition) is 6. The maximum absolute atomic E-state index is 13.0. The van der Waals surface area contributed by atoms with Gasteiger partial charge in [-0.1, -0.05) is 18.2 Å². The Kier molecular flexibility index (Phi) is 4.82. The number of rotatable bonds is 4. The van der Waals surface area contributed by atoms with Crippen molar-refractivity contribution in [1.82, 2.24) is 24.9 Å². The van der Waals surface area contributed by atoms with E-state index in [0.717, 1.165) is 48.8 Å². The smallest absolute Gasteiger partial charge is 0.274 e. The van der Waals surface area contributed by atoms with Crippen LogP contribution in [0, 0.1) is 0 Å². The van der Waals surface area contributed by atoms with E-state index in [0.29, 0.717) is 11.3 Å². The zero-order chi connectivity index (χ0) is 20.3. The highest BCUT2D eigenvalue weighted by atomic mass is 16.1. The molecule has 0 unspecified atom stereocenters. The first-order valence-corrected chi connectivity index (χ1v) is 9.91. The van der Waals surface area contributed by atoms with Crippen LogP contribution in [0.25, 0.3) is 16.9 Å². The number of hydrogen-bond donors (Lipinski definition) is 2. The number of nitrogens with one attached hydrogen (secondary N) is 2. The van der Waals surface area contributed by atoms with E-state index in [1.807, 2.05) is 42.5 Å². The Morgan fingerprint density at radius 3 is 2.70 bits per heavy atom. The van der Waals surface area contributed by atoms with Gasteiger partial charge in [0.2, 0.25) is 0 Å². The van der Waals surface area contributed by atoms with Crippen LogP contribution >= 0.6 is 0 Å². The maximum atomic E-state index is 13.0. The fraction of sp³-hybridized carbons (Fsp3) is 0.182. The highest BCUT2D eigenvalue weighted by Crippen LogP contribution is 2.27. The Labute approximate surface area is 173 Å². The lowest BCUT2D eigenvalue weighted by atomic mass is 10.2. The number of pyridine rings is 1. The lowest BCUT2D eigenvalue weighted by molar-refractivity contribution is 0.102. The molecule has 0 atom stereocenters. The molecule has 2 N–H and O–H groups in total. The minimum atomic E-state index is -0.256. The predicted molar refractivity (Wildman–Crippen MR) is 116 cm³/mol. The second-order valence-electron chi connectivity index (χ2n) is 7.06. The normalized spacial score (nSPS) is 14.1. The van der Waals surface area contributed by atoms with Crippen molar-refractivity contribution in [2.24, 2.45) is 0 Å². The largest absolute Gasteiger partial charge is 0.367 e. The van der Waals surface area contributed by atoms with Gasteiger partial charge in [-0.25, -0.2) is 9.50 Å². The van der Waals surface area contributed by atoms with Crippen molar-refractivity contribution in [3.8, 4) is 11.3 Å².